The van der Waals surface area contributed by atoms with Gasteiger partial charge in [-0.1, -0.05) is 15.9 Å². The first-order valence-corrected chi connectivity index (χ1v) is 6.73. The van der Waals surface area contributed by atoms with Crippen LogP contribution in [0.1, 0.15) is 15.9 Å². The number of carbonyl (C=O) groups excluding carboxylic acids is 1. The van der Waals surface area contributed by atoms with Gasteiger partial charge >= 0.3 is 5.97 Å². The van der Waals surface area contributed by atoms with E-state index in [1.54, 1.807) is 6.92 Å². The van der Waals surface area contributed by atoms with Crippen molar-refractivity contribution >= 4 is 21.9 Å². The van der Waals surface area contributed by atoms with E-state index in [0.29, 0.717) is 15.8 Å². The number of ether oxygens (including phenoxy) is 2. The maximum Gasteiger partial charge on any atom is 0.344 e. The van der Waals surface area contributed by atoms with Crippen LogP contribution in [0.4, 0.5) is 8.78 Å². The van der Waals surface area contributed by atoms with E-state index in [1.807, 2.05) is 0 Å². The third-order valence-electron chi connectivity index (χ3n) is 2.77. The SMILES string of the molecule is COC(=O)c1c(F)cc(Br)cc1Oc1ccc(F)cc1C. The summed E-state index contributed by atoms with van der Waals surface area (Å²) in [5.74, 6) is -1.73. The molecule has 0 spiro atoms. The Hall–Kier alpha value is -1.95. The summed E-state index contributed by atoms with van der Waals surface area (Å²) in [4.78, 5) is 11.7. The predicted octanol–water partition coefficient (Wildman–Crippen LogP) is 4.61. The summed E-state index contributed by atoms with van der Waals surface area (Å²) < 4.78 is 37.5. The minimum atomic E-state index is -0.852. The first-order valence-electron chi connectivity index (χ1n) is 5.93. The van der Waals surface area contributed by atoms with Crippen molar-refractivity contribution in [3.8, 4) is 11.5 Å². The van der Waals surface area contributed by atoms with Gasteiger partial charge in [0.15, 0.2) is 0 Å². The topological polar surface area (TPSA) is 35.5 Å². The van der Waals surface area contributed by atoms with E-state index in [2.05, 4.69) is 20.7 Å². The van der Waals surface area contributed by atoms with E-state index in [1.165, 1.54) is 24.3 Å². The van der Waals surface area contributed by atoms with Gasteiger partial charge in [-0.05, 0) is 42.8 Å². The molecule has 0 N–H and O–H groups in total. The van der Waals surface area contributed by atoms with E-state index in [-0.39, 0.29) is 11.3 Å². The number of hydrogen-bond donors (Lipinski definition) is 0. The van der Waals surface area contributed by atoms with E-state index in [0.717, 1.165) is 13.2 Å². The first-order chi connectivity index (χ1) is 9.92. The first kappa shape index (κ1) is 15.4. The van der Waals surface area contributed by atoms with Gasteiger partial charge in [0, 0.05) is 4.47 Å². The summed E-state index contributed by atoms with van der Waals surface area (Å²) in [6.07, 6.45) is 0. The Morgan fingerprint density at radius 1 is 1.14 bits per heavy atom. The molecule has 0 bridgehead atoms. The zero-order valence-electron chi connectivity index (χ0n) is 11.2. The van der Waals surface area contributed by atoms with Crippen LogP contribution >= 0.6 is 15.9 Å². The second-order valence-corrected chi connectivity index (χ2v) is 5.18. The minimum absolute atomic E-state index is 0.0107. The lowest BCUT2D eigenvalue weighted by atomic mass is 10.1. The number of hydrogen-bond acceptors (Lipinski definition) is 3. The molecule has 0 aromatic heterocycles. The van der Waals surface area contributed by atoms with Gasteiger partial charge in [0.1, 0.15) is 28.7 Å². The lowest BCUT2D eigenvalue weighted by molar-refractivity contribution is 0.0592. The van der Waals surface area contributed by atoms with Gasteiger partial charge in [0.25, 0.3) is 0 Å². The predicted molar refractivity (Wildman–Crippen MR) is 76.7 cm³/mol. The molecule has 0 aliphatic carbocycles. The van der Waals surface area contributed by atoms with Crippen molar-refractivity contribution in [2.24, 2.45) is 0 Å². The summed E-state index contributed by atoms with van der Waals surface area (Å²) in [7, 11) is 1.15. The molecule has 0 aliphatic heterocycles. The molecule has 2 aromatic carbocycles. The van der Waals surface area contributed by atoms with Gasteiger partial charge in [0.2, 0.25) is 0 Å². The highest BCUT2D eigenvalue weighted by Gasteiger charge is 2.21. The van der Waals surface area contributed by atoms with Crippen molar-refractivity contribution in [2.75, 3.05) is 7.11 Å². The highest BCUT2D eigenvalue weighted by Crippen LogP contribution is 2.33. The van der Waals surface area contributed by atoms with Gasteiger partial charge < -0.3 is 9.47 Å². The normalized spacial score (nSPS) is 10.3. The van der Waals surface area contributed by atoms with Gasteiger partial charge in [-0.25, -0.2) is 13.6 Å². The minimum Gasteiger partial charge on any atom is -0.465 e. The molecule has 0 aliphatic rings. The molecule has 0 fully saturated rings. The number of benzene rings is 2. The van der Waals surface area contributed by atoms with E-state index in [4.69, 9.17) is 4.74 Å². The Labute approximate surface area is 128 Å². The molecule has 110 valence electrons. The third-order valence-corrected chi connectivity index (χ3v) is 3.22. The third kappa shape index (κ3) is 3.39. The average Bonchev–Trinajstić information content (AvgIpc) is 2.40. The number of rotatable bonds is 3. The molecule has 0 atom stereocenters. The van der Waals surface area contributed by atoms with Crippen molar-refractivity contribution in [2.45, 2.75) is 6.92 Å². The van der Waals surface area contributed by atoms with Crippen molar-refractivity contribution in [1.82, 2.24) is 0 Å². The second kappa shape index (κ2) is 6.22. The fourth-order valence-corrected chi connectivity index (χ4v) is 2.19. The Balaban J connectivity index is 2.50. The molecule has 2 aromatic rings. The fraction of sp³-hybridized carbons (Fsp3) is 0.133. The molecule has 0 heterocycles. The second-order valence-electron chi connectivity index (χ2n) is 4.26. The molecule has 6 heteroatoms. The van der Waals surface area contributed by atoms with Gasteiger partial charge in [-0.3, -0.25) is 0 Å². The molecule has 0 saturated carbocycles. The largest absolute Gasteiger partial charge is 0.465 e. The lowest BCUT2D eigenvalue weighted by Gasteiger charge is -2.13. The zero-order valence-corrected chi connectivity index (χ0v) is 12.8. The lowest BCUT2D eigenvalue weighted by Crippen LogP contribution is -2.07. The molecule has 0 radical (unpaired) electrons. The van der Waals surface area contributed by atoms with Crippen LogP contribution in [0.5, 0.6) is 11.5 Å². The Morgan fingerprint density at radius 3 is 2.48 bits per heavy atom. The van der Waals surface area contributed by atoms with Gasteiger partial charge in [-0.2, -0.15) is 0 Å². The molecular formula is C15H11BrF2O3. The number of carbonyl (C=O) groups is 1. The number of esters is 1. The van der Waals surface area contributed by atoms with Crippen molar-refractivity contribution in [3.05, 3.63) is 57.6 Å². The highest BCUT2D eigenvalue weighted by molar-refractivity contribution is 9.10. The van der Waals surface area contributed by atoms with Crippen LogP contribution in [-0.2, 0) is 4.74 Å². The Bertz CT molecular complexity index is 702. The van der Waals surface area contributed by atoms with Crippen LogP contribution in [0.2, 0.25) is 0 Å². The summed E-state index contributed by atoms with van der Waals surface area (Å²) in [5, 5.41) is 0. The van der Waals surface area contributed by atoms with E-state index >= 15 is 0 Å². The quantitative estimate of drug-likeness (QED) is 0.753. The van der Waals surface area contributed by atoms with Crippen LogP contribution in [0, 0.1) is 18.6 Å². The van der Waals surface area contributed by atoms with Gasteiger partial charge in [-0.15, -0.1) is 0 Å². The summed E-state index contributed by atoms with van der Waals surface area (Å²) in [5.41, 5.74) is 0.204. The maximum absolute atomic E-state index is 13.9. The number of methoxy groups -OCH3 is 1. The summed E-state index contributed by atoms with van der Waals surface area (Å²) in [6.45, 7) is 1.64. The Morgan fingerprint density at radius 2 is 1.86 bits per heavy atom. The zero-order chi connectivity index (χ0) is 15.6. The molecule has 3 nitrogen and oxygen atoms in total. The molecule has 0 saturated heterocycles. The number of aryl methyl sites for hydroxylation is 1. The van der Waals surface area contributed by atoms with Crippen molar-refractivity contribution < 1.29 is 23.0 Å². The highest BCUT2D eigenvalue weighted by atomic mass is 79.9. The molecule has 0 amide bonds. The fourth-order valence-electron chi connectivity index (χ4n) is 1.78. The Kier molecular flexibility index (Phi) is 4.57. The van der Waals surface area contributed by atoms with Gasteiger partial charge in [0.05, 0.1) is 7.11 Å². The molecule has 2 rings (SSSR count). The molecule has 21 heavy (non-hydrogen) atoms. The van der Waals surface area contributed by atoms with E-state index in [9.17, 15) is 13.6 Å². The summed E-state index contributed by atoms with van der Waals surface area (Å²) >= 11 is 3.13. The monoisotopic (exact) mass is 356 g/mol. The smallest absolute Gasteiger partial charge is 0.344 e. The summed E-state index contributed by atoms with van der Waals surface area (Å²) in [6, 6.07) is 6.48. The van der Waals surface area contributed by atoms with Crippen LogP contribution in [0.15, 0.2) is 34.8 Å². The maximum atomic E-state index is 13.9. The van der Waals surface area contributed by atoms with Crippen molar-refractivity contribution in [3.63, 3.8) is 0 Å². The molecule has 0 unspecified atom stereocenters. The van der Waals surface area contributed by atoms with Crippen LogP contribution in [0.25, 0.3) is 0 Å². The van der Waals surface area contributed by atoms with E-state index < -0.39 is 17.6 Å². The van der Waals surface area contributed by atoms with Crippen LogP contribution in [-0.4, -0.2) is 13.1 Å². The van der Waals surface area contributed by atoms with Crippen molar-refractivity contribution in [1.29, 1.82) is 0 Å². The average molecular weight is 357 g/mol. The molecular weight excluding hydrogens is 346 g/mol. The van der Waals surface area contributed by atoms with Crippen LogP contribution in [0.3, 0.4) is 0 Å². The standard InChI is InChI=1S/C15H11BrF2O3/c1-8-5-10(17)3-4-12(8)21-13-7-9(16)6-11(18)14(13)15(19)20-2/h3-7H,1-2H3. The number of halogens is 3. The van der Waals surface area contributed by atoms with Crippen LogP contribution < -0.4 is 4.74 Å².